The van der Waals surface area contributed by atoms with Crippen molar-refractivity contribution in [1.82, 2.24) is 4.98 Å². The van der Waals surface area contributed by atoms with Crippen molar-refractivity contribution in [3.8, 4) is 0 Å². The van der Waals surface area contributed by atoms with Gasteiger partial charge in [-0.1, -0.05) is 0 Å². The molecule has 0 fully saturated rings. The van der Waals surface area contributed by atoms with Crippen LogP contribution in [0.15, 0.2) is 24.3 Å². The third-order valence-corrected chi connectivity index (χ3v) is 4.31. The minimum Gasteiger partial charge on any atom is -0.399 e. The third kappa shape index (κ3) is 2.91. The summed E-state index contributed by atoms with van der Waals surface area (Å²) in [5, 5.41) is 6.22. The van der Waals surface area contributed by atoms with Crippen molar-refractivity contribution < 1.29 is 4.79 Å². The van der Waals surface area contributed by atoms with Crippen molar-refractivity contribution in [2.24, 2.45) is 0 Å². The summed E-state index contributed by atoms with van der Waals surface area (Å²) in [4.78, 5) is 17.7. The molecule has 2 amide bonds. The van der Waals surface area contributed by atoms with Gasteiger partial charge in [0.1, 0.15) is 0 Å². The molecule has 0 bridgehead atoms. The molecule has 0 aliphatic heterocycles. The lowest BCUT2D eigenvalue weighted by Crippen LogP contribution is -2.19. The largest absolute Gasteiger partial charge is 0.399 e. The zero-order chi connectivity index (χ0) is 13.9. The molecule has 4 N–H and O–H groups in total. The summed E-state index contributed by atoms with van der Waals surface area (Å²) in [6.45, 7) is 0. The van der Waals surface area contributed by atoms with Gasteiger partial charge in [0, 0.05) is 16.3 Å². The van der Waals surface area contributed by atoms with E-state index < -0.39 is 0 Å². The zero-order valence-electron chi connectivity index (χ0n) is 11.0. The monoisotopic (exact) mass is 288 g/mol. The molecule has 1 heterocycles. The van der Waals surface area contributed by atoms with E-state index in [1.54, 1.807) is 35.6 Å². The van der Waals surface area contributed by atoms with Gasteiger partial charge in [0.2, 0.25) is 0 Å². The molecule has 1 aromatic heterocycles. The topological polar surface area (TPSA) is 80.0 Å². The second kappa shape index (κ2) is 5.50. The SMILES string of the molecule is Nc1ccc(NC(=O)Nc2nc3c(s2)CCCC3)cc1. The number of anilines is 3. The molecule has 0 saturated carbocycles. The average molecular weight is 288 g/mol. The molecular weight excluding hydrogens is 272 g/mol. The first kappa shape index (κ1) is 12.9. The molecule has 0 spiro atoms. The molecule has 3 rings (SSSR count). The van der Waals surface area contributed by atoms with Crippen LogP contribution in [0.3, 0.4) is 0 Å². The number of nitrogens with two attached hydrogens (primary N) is 1. The maximum absolute atomic E-state index is 11.9. The molecule has 1 aliphatic carbocycles. The number of nitrogen functional groups attached to an aromatic ring is 1. The summed E-state index contributed by atoms with van der Waals surface area (Å²) < 4.78 is 0. The Morgan fingerprint density at radius 3 is 2.65 bits per heavy atom. The van der Waals surface area contributed by atoms with Crippen molar-refractivity contribution in [2.45, 2.75) is 25.7 Å². The van der Waals surface area contributed by atoms with E-state index in [0.717, 1.165) is 18.5 Å². The van der Waals surface area contributed by atoms with Crippen LogP contribution in [-0.2, 0) is 12.8 Å². The van der Waals surface area contributed by atoms with E-state index in [-0.39, 0.29) is 6.03 Å². The highest BCUT2D eigenvalue weighted by atomic mass is 32.1. The summed E-state index contributed by atoms with van der Waals surface area (Å²) in [6.07, 6.45) is 4.50. The standard InChI is InChI=1S/C14H16N4OS/c15-9-5-7-10(8-6-9)16-13(19)18-14-17-11-3-1-2-4-12(11)20-14/h5-8H,1-4,15H2,(H2,16,17,18,19). The lowest BCUT2D eigenvalue weighted by Gasteiger charge is -2.06. The van der Waals surface area contributed by atoms with E-state index in [9.17, 15) is 4.79 Å². The van der Waals surface area contributed by atoms with Crippen molar-refractivity contribution >= 4 is 33.9 Å². The van der Waals surface area contributed by atoms with Gasteiger partial charge in [-0.15, -0.1) is 11.3 Å². The second-order valence-corrected chi connectivity index (χ2v) is 5.88. The Morgan fingerprint density at radius 2 is 1.90 bits per heavy atom. The van der Waals surface area contributed by atoms with Crippen LogP contribution < -0.4 is 16.4 Å². The molecule has 1 aliphatic rings. The third-order valence-electron chi connectivity index (χ3n) is 3.23. The minimum atomic E-state index is -0.277. The van der Waals surface area contributed by atoms with E-state index in [0.29, 0.717) is 16.5 Å². The Kier molecular flexibility index (Phi) is 3.56. The van der Waals surface area contributed by atoms with Crippen molar-refractivity contribution in [3.63, 3.8) is 0 Å². The number of urea groups is 1. The number of aryl methyl sites for hydroxylation is 2. The van der Waals surface area contributed by atoms with E-state index in [1.807, 2.05) is 0 Å². The van der Waals surface area contributed by atoms with Gasteiger partial charge in [-0.05, 0) is 49.9 Å². The molecular formula is C14H16N4OS. The van der Waals surface area contributed by atoms with E-state index in [1.165, 1.54) is 17.7 Å². The quantitative estimate of drug-likeness (QED) is 0.742. The summed E-state index contributed by atoms with van der Waals surface area (Å²) >= 11 is 1.57. The zero-order valence-corrected chi connectivity index (χ0v) is 11.8. The highest BCUT2D eigenvalue weighted by molar-refractivity contribution is 7.15. The number of nitrogens with one attached hydrogen (secondary N) is 2. The molecule has 0 atom stereocenters. The number of carbonyl (C=O) groups excluding carboxylic acids is 1. The Hall–Kier alpha value is -2.08. The highest BCUT2D eigenvalue weighted by Gasteiger charge is 2.16. The predicted molar refractivity (Wildman–Crippen MR) is 82.3 cm³/mol. The Bertz CT molecular complexity index is 597. The highest BCUT2D eigenvalue weighted by Crippen LogP contribution is 2.29. The molecule has 0 unspecified atom stereocenters. The van der Waals surface area contributed by atoms with E-state index >= 15 is 0 Å². The molecule has 6 heteroatoms. The van der Waals surface area contributed by atoms with Gasteiger partial charge < -0.3 is 11.1 Å². The number of nitrogens with zero attached hydrogens (tertiary/aromatic N) is 1. The number of amides is 2. The molecule has 1 aromatic carbocycles. The van der Waals surface area contributed by atoms with Crippen molar-refractivity contribution in [1.29, 1.82) is 0 Å². The van der Waals surface area contributed by atoms with Crippen LogP contribution in [0.2, 0.25) is 0 Å². The molecule has 5 nitrogen and oxygen atoms in total. The fraction of sp³-hybridized carbons (Fsp3) is 0.286. The number of hydrogen-bond donors (Lipinski definition) is 3. The van der Waals surface area contributed by atoms with Crippen molar-refractivity contribution in [3.05, 3.63) is 34.8 Å². The first-order valence-corrected chi connectivity index (χ1v) is 7.44. The number of aromatic nitrogens is 1. The Balaban J connectivity index is 1.63. The summed E-state index contributed by atoms with van der Waals surface area (Å²) in [5.41, 5.74) is 8.12. The molecule has 0 radical (unpaired) electrons. The first-order valence-electron chi connectivity index (χ1n) is 6.63. The lowest BCUT2D eigenvalue weighted by atomic mass is 10.0. The van der Waals surface area contributed by atoms with Gasteiger partial charge >= 0.3 is 6.03 Å². The van der Waals surface area contributed by atoms with E-state index in [2.05, 4.69) is 15.6 Å². The van der Waals surface area contributed by atoms with Gasteiger partial charge in [-0.25, -0.2) is 9.78 Å². The van der Waals surface area contributed by atoms with Crippen LogP contribution in [-0.4, -0.2) is 11.0 Å². The molecule has 104 valence electrons. The number of thiazole rings is 1. The van der Waals surface area contributed by atoms with Crippen LogP contribution in [0.4, 0.5) is 21.3 Å². The van der Waals surface area contributed by atoms with Crippen LogP contribution in [0, 0.1) is 0 Å². The van der Waals surface area contributed by atoms with Crippen molar-refractivity contribution in [2.75, 3.05) is 16.4 Å². The van der Waals surface area contributed by atoms with Gasteiger partial charge in [0.05, 0.1) is 5.69 Å². The van der Waals surface area contributed by atoms with Crippen LogP contribution in [0.1, 0.15) is 23.4 Å². The number of hydrogen-bond acceptors (Lipinski definition) is 4. The molecule has 2 aromatic rings. The number of carbonyl (C=O) groups is 1. The predicted octanol–water partition coefficient (Wildman–Crippen LogP) is 3.25. The first-order chi connectivity index (χ1) is 9.70. The van der Waals surface area contributed by atoms with Gasteiger partial charge in [-0.2, -0.15) is 0 Å². The Morgan fingerprint density at radius 1 is 1.15 bits per heavy atom. The lowest BCUT2D eigenvalue weighted by molar-refractivity contribution is 0.262. The van der Waals surface area contributed by atoms with Gasteiger partial charge in [-0.3, -0.25) is 5.32 Å². The minimum absolute atomic E-state index is 0.277. The maximum Gasteiger partial charge on any atom is 0.325 e. The normalized spacial score (nSPS) is 13.6. The van der Waals surface area contributed by atoms with Gasteiger partial charge in [0.25, 0.3) is 0 Å². The fourth-order valence-electron chi connectivity index (χ4n) is 2.23. The van der Waals surface area contributed by atoms with Crippen LogP contribution in [0.5, 0.6) is 0 Å². The number of benzene rings is 1. The summed E-state index contributed by atoms with van der Waals surface area (Å²) in [7, 11) is 0. The Labute approximate surface area is 121 Å². The fourth-order valence-corrected chi connectivity index (χ4v) is 3.28. The van der Waals surface area contributed by atoms with Crippen LogP contribution >= 0.6 is 11.3 Å². The molecule has 20 heavy (non-hydrogen) atoms. The van der Waals surface area contributed by atoms with Crippen LogP contribution in [0.25, 0.3) is 0 Å². The van der Waals surface area contributed by atoms with Gasteiger partial charge in [0.15, 0.2) is 5.13 Å². The maximum atomic E-state index is 11.9. The second-order valence-electron chi connectivity index (χ2n) is 4.80. The number of fused-ring (bicyclic) bond motifs is 1. The smallest absolute Gasteiger partial charge is 0.325 e. The molecule has 0 saturated heterocycles. The van der Waals surface area contributed by atoms with E-state index in [4.69, 9.17) is 5.73 Å². The average Bonchev–Trinajstić information content (AvgIpc) is 2.83. The number of rotatable bonds is 2. The summed E-state index contributed by atoms with van der Waals surface area (Å²) in [6, 6.07) is 6.75. The summed E-state index contributed by atoms with van der Waals surface area (Å²) in [5.74, 6) is 0.